The second-order valence-corrected chi connectivity index (χ2v) is 11.3. The fourth-order valence-electron chi connectivity index (χ4n) is 4.56. The van der Waals surface area contributed by atoms with Gasteiger partial charge in [0.1, 0.15) is 6.61 Å². The summed E-state index contributed by atoms with van der Waals surface area (Å²) in [6.07, 6.45) is 1.47. The molecule has 0 fully saturated rings. The Labute approximate surface area is 285 Å². The van der Waals surface area contributed by atoms with Crippen molar-refractivity contribution in [2.45, 2.75) is 33.4 Å². The Hall–Kier alpha value is -4.75. The number of hydrazone groups is 1. The average molecular weight is 730 g/mol. The van der Waals surface area contributed by atoms with E-state index >= 15 is 0 Å². The number of carbonyl (C=O) groups excluding carboxylic acids is 3. The highest BCUT2D eigenvalue weighted by Gasteiger charge is 2.32. The number of esters is 1. The molecule has 0 aliphatic carbocycles. The average Bonchev–Trinajstić information content (AvgIpc) is 3.04. The Bertz CT molecular complexity index is 1680. The van der Waals surface area contributed by atoms with Crippen LogP contribution in [0.1, 0.15) is 43.5 Å². The van der Waals surface area contributed by atoms with Crippen LogP contribution in [0.5, 0.6) is 23.0 Å². The lowest BCUT2D eigenvalue weighted by molar-refractivity contribution is -0.139. The lowest BCUT2D eigenvalue weighted by Crippen LogP contribution is -2.45. The van der Waals surface area contributed by atoms with Gasteiger partial charge in [0.25, 0.3) is 5.91 Å². The first-order valence-electron chi connectivity index (χ1n) is 14.5. The SMILES string of the molecule is CCOC(=O)C1=C(C)NC(=O)N[C@H]1c1ccc(OCC(=O)N/N=C\c2cc(Br)c(OCc3ccc(Cl)cc3)c(OCC)c2)c(OC)c1. The Kier molecular flexibility index (Phi) is 12.5. The molecule has 0 spiro atoms. The van der Waals surface area contributed by atoms with Gasteiger partial charge in [-0.3, -0.25) is 4.79 Å². The summed E-state index contributed by atoms with van der Waals surface area (Å²) in [5, 5.41) is 10.0. The topological polar surface area (TPSA) is 146 Å². The van der Waals surface area contributed by atoms with Gasteiger partial charge in [0.2, 0.25) is 0 Å². The van der Waals surface area contributed by atoms with E-state index in [9.17, 15) is 14.4 Å². The van der Waals surface area contributed by atoms with Crippen LogP contribution >= 0.6 is 27.5 Å². The van der Waals surface area contributed by atoms with Crippen LogP contribution in [-0.2, 0) is 20.9 Å². The van der Waals surface area contributed by atoms with Gasteiger partial charge in [0, 0.05) is 10.7 Å². The maximum absolute atomic E-state index is 12.6. The lowest BCUT2D eigenvalue weighted by atomic mass is 9.95. The number of rotatable bonds is 14. The van der Waals surface area contributed by atoms with E-state index < -0.39 is 23.9 Å². The van der Waals surface area contributed by atoms with E-state index in [1.807, 2.05) is 19.1 Å². The molecule has 3 aromatic rings. The van der Waals surface area contributed by atoms with E-state index in [2.05, 4.69) is 37.1 Å². The summed E-state index contributed by atoms with van der Waals surface area (Å²) in [5.41, 5.74) is 5.23. The predicted molar refractivity (Wildman–Crippen MR) is 179 cm³/mol. The summed E-state index contributed by atoms with van der Waals surface area (Å²) in [5.74, 6) is 0.522. The number of hydrogen-bond acceptors (Lipinski definition) is 9. The quantitative estimate of drug-likeness (QED) is 0.107. The van der Waals surface area contributed by atoms with Gasteiger partial charge in [-0.2, -0.15) is 5.10 Å². The minimum atomic E-state index is -0.782. The molecule has 0 bridgehead atoms. The zero-order valence-corrected chi connectivity index (χ0v) is 28.5. The van der Waals surface area contributed by atoms with Crippen LogP contribution < -0.4 is 35.0 Å². The van der Waals surface area contributed by atoms with Crippen LogP contribution in [-0.4, -0.2) is 51.1 Å². The van der Waals surface area contributed by atoms with Crippen molar-refractivity contribution < 1.29 is 38.1 Å². The predicted octanol–water partition coefficient (Wildman–Crippen LogP) is 5.81. The van der Waals surface area contributed by atoms with Crippen molar-refractivity contribution in [3.63, 3.8) is 0 Å². The van der Waals surface area contributed by atoms with Crippen molar-refractivity contribution in [2.24, 2.45) is 5.10 Å². The fourth-order valence-corrected chi connectivity index (χ4v) is 5.26. The van der Waals surface area contributed by atoms with Crippen molar-refractivity contribution in [1.82, 2.24) is 16.1 Å². The zero-order chi connectivity index (χ0) is 33.9. The number of amides is 3. The zero-order valence-electron chi connectivity index (χ0n) is 26.1. The van der Waals surface area contributed by atoms with Crippen LogP contribution in [0, 0.1) is 0 Å². The number of benzene rings is 3. The number of carbonyl (C=O) groups is 3. The van der Waals surface area contributed by atoms with Crippen LogP contribution in [0.4, 0.5) is 4.79 Å². The Morgan fingerprint density at radius 3 is 2.47 bits per heavy atom. The number of ether oxygens (including phenoxy) is 5. The van der Waals surface area contributed by atoms with Crippen molar-refractivity contribution in [3.8, 4) is 23.0 Å². The van der Waals surface area contributed by atoms with Crippen LogP contribution in [0.25, 0.3) is 0 Å². The van der Waals surface area contributed by atoms with E-state index in [1.54, 1.807) is 56.3 Å². The molecule has 3 N–H and O–H groups in total. The van der Waals surface area contributed by atoms with E-state index in [4.69, 9.17) is 35.3 Å². The molecule has 3 aromatic carbocycles. The van der Waals surface area contributed by atoms with Gasteiger partial charge in [-0.15, -0.1) is 0 Å². The van der Waals surface area contributed by atoms with E-state index in [0.29, 0.717) is 56.8 Å². The third-order valence-electron chi connectivity index (χ3n) is 6.68. The number of nitrogens with one attached hydrogen (secondary N) is 3. The summed E-state index contributed by atoms with van der Waals surface area (Å²) in [7, 11) is 1.44. The highest BCUT2D eigenvalue weighted by Crippen LogP contribution is 2.37. The summed E-state index contributed by atoms with van der Waals surface area (Å²) in [6, 6.07) is 14.5. The number of nitrogens with zero attached hydrogens (tertiary/aromatic N) is 1. The molecule has 0 saturated carbocycles. The van der Waals surface area contributed by atoms with Gasteiger partial charge in [-0.1, -0.05) is 29.8 Å². The molecule has 1 aliphatic rings. The molecule has 0 unspecified atom stereocenters. The molecular formula is C33H34BrClN4O8. The second-order valence-electron chi connectivity index (χ2n) is 9.96. The van der Waals surface area contributed by atoms with E-state index in [1.165, 1.54) is 13.3 Å². The molecule has 248 valence electrons. The van der Waals surface area contributed by atoms with Gasteiger partial charge >= 0.3 is 12.0 Å². The van der Waals surface area contributed by atoms with Crippen molar-refractivity contribution in [3.05, 3.63) is 92.1 Å². The molecule has 0 saturated heterocycles. The molecule has 1 aliphatic heterocycles. The first-order chi connectivity index (χ1) is 22.6. The monoisotopic (exact) mass is 728 g/mol. The summed E-state index contributed by atoms with van der Waals surface area (Å²) < 4.78 is 28.8. The van der Waals surface area contributed by atoms with Crippen molar-refractivity contribution in [2.75, 3.05) is 26.9 Å². The minimum Gasteiger partial charge on any atom is -0.493 e. The van der Waals surface area contributed by atoms with E-state index in [0.717, 1.165) is 5.56 Å². The largest absolute Gasteiger partial charge is 0.493 e. The molecule has 14 heteroatoms. The highest BCUT2D eigenvalue weighted by atomic mass is 79.9. The third kappa shape index (κ3) is 9.39. The van der Waals surface area contributed by atoms with Gasteiger partial charge in [0.15, 0.2) is 29.6 Å². The minimum absolute atomic E-state index is 0.178. The first kappa shape index (κ1) is 35.1. The first-order valence-corrected chi connectivity index (χ1v) is 15.7. The summed E-state index contributed by atoms with van der Waals surface area (Å²) >= 11 is 9.51. The number of allylic oxidation sites excluding steroid dienone is 1. The summed E-state index contributed by atoms with van der Waals surface area (Å²) in [6.45, 7) is 5.73. The molecule has 4 rings (SSSR count). The van der Waals surface area contributed by atoms with Gasteiger partial charge in [-0.05, 0) is 89.8 Å². The molecule has 1 heterocycles. The third-order valence-corrected chi connectivity index (χ3v) is 7.52. The molecule has 3 amide bonds. The maximum atomic E-state index is 12.6. The maximum Gasteiger partial charge on any atom is 0.338 e. The standard InChI is InChI=1S/C33H34BrClN4O8/c1-5-44-27-14-21(13-24(34)31(27)47-17-20-7-10-23(35)11-8-20)16-36-39-28(40)18-46-25-12-9-22(15-26(25)43-4)30-29(32(41)45-6-2)19(3)37-33(42)38-30/h7-16,30H,5-6,17-18H2,1-4H3,(H,39,40)(H2,37,38,42)/b36-16-/t30-/m0/s1. The van der Waals surface area contributed by atoms with Crippen molar-refractivity contribution in [1.29, 1.82) is 0 Å². The Balaban J connectivity index is 1.38. The molecule has 0 radical (unpaired) electrons. The molecule has 12 nitrogen and oxygen atoms in total. The molecular weight excluding hydrogens is 696 g/mol. The second kappa shape index (κ2) is 16.7. The molecule has 47 heavy (non-hydrogen) atoms. The normalized spacial score (nSPS) is 14.3. The molecule has 0 aromatic heterocycles. The van der Waals surface area contributed by atoms with Crippen LogP contribution in [0.3, 0.4) is 0 Å². The van der Waals surface area contributed by atoms with E-state index in [-0.39, 0.29) is 24.5 Å². The van der Waals surface area contributed by atoms with Crippen LogP contribution in [0.15, 0.2) is 75.4 Å². The smallest absolute Gasteiger partial charge is 0.338 e. The molecule has 1 atom stereocenters. The fraction of sp³-hybridized carbons (Fsp3) is 0.273. The van der Waals surface area contributed by atoms with Crippen LogP contribution in [0.2, 0.25) is 5.02 Å². The van der Waals surface area contributed by atoms with Gasteiger partial charge in [-0.25, -0.2) is 15.0 Å². The number of urea groups is 1. The Morgan fingerprint density at radius 1 is 1.00 bits per heavy atom. The highest BCUT2D eigenvalue weighted by molar-refractivity contribution is 9.10. The summed E-state index contributed by atoms with van der Waals surface area (Å²) in [4.78, 5) is 37.4. The number of halogens is 2. The lowest BCUT2D eigenvalue weighted by Gasteiger charge is -2.28. The van der Waals surface area contributed by atoms with Crippen molar-refractivity contribution >= 4 is 51.7 Å². The van der Waals surface area contributed by atoms with Gasteiger partial charge < -0.3 is 34.3 Å². The number of hydrogen-bond donors (Lipinski definition) is 3. The Morgan fingerprint density at radius 2 is 1.77 bits per heavy atom. The van der Waals surface area contributed by atoms with Gasteiger partial charge in [0.05, 0.1) is 42.6 Å². The number of methoxy groups -OCH3 is 1.